The molecule has 0 atom stereocenters. The summed E-state index contributed by atoms with van der Waals surface area (Å²) in [5.41, 5.74) is 0.991. The molecule has 0 spiro atoms. The van der Waals surface area contributed by atoms with Gasteiger partial charge in [-0.2, -0.15) is 0 Å². The highest BCUT2D eigenvalue weighted by atomic mass is 35.5. The number of carbonyl (C=O) groups is 1. The van der Waals surface area contributed by atoms with Gasteiger partial charge < -0.3 is 14.8 Å². The van der Waals surface area contributed by atoms with Crippen molar-refractivity contribution >= 4 is 23.1 Å². The van der Waals surface area contributed by atoms with Crippen molar-refractivity contribution in [3.63, 3.8) is 0 Å². The lowest BCUT2D eigenvalue weighted by Gasteiger charge is -2.03. The summed E-state index contributed by atoms with van der Waals surface area (Å²) in [5, 5.41) is 3.07. The minimum atomic E-state index is -0.420. The van der Waals surface area contributed by atoms with Crippen LogP contribution in [0.15, 0.2) is 48.7 Å². The summed E-state index contributed by atoms with van der Waals surface area (Å²) >= 11 is 5.87. The maximum Gasteiger partial charge on any atom is 0.231 e. The third kappa shape index (κ3) is 3.04. The van der Waals surface area contributed by atoms with Crippen molar-refractivity contribution < 1.29 is 18.7 Å². The van der Waals surface area contributed by atoms with Gasteiger partial charge in [0.15, 0.2) is 17.3 Å². The summed E-state index contributed by atoms with van der Waals surface area (Å²) in [6.45, 7) is 0.160. The number of allylic oxidation sites excluding steroid dienone is 1. The highest BCUT2D eigenvalue weighted by Gasteiger charge is 2.15. The predicted molar refractivity (Wildman–Crippen MR) is 81.1 cm³/mol. The standard InChI is InChI=1S/C16H11ClFNO3/c17-12-8-11(18)2-3-13(12)19-6-5-14(20)10-1-4-15-16(7-10)22-9-21-15/h1-8,19H,9H2. The SMILES string of the molecule is O=C(C=CNc1ccc(F)cc1Cl)c1ccc2c(c1)OCO2. The summed E-state index contributed by atoms with van der Waals surface area (Å²) in [7, 11) is 0. The summed E-state index contributed by atoms with van der Waals surface area (Å²) in [6, 6.07) is 8.94. The maximum absolute atomic E-state index is 12.9. The van der Waals surface area contributed by atoms with E-state index in [9.17, 15) is 9.18 Å². The first-order chi connectivity index (χ1) is 10.6. The Kier molecular flexibility index (Phi) is 3.98. The fourth-order valence-electron chi connectivity index (χ4n) is 1.96. The number of fused-ring (bicyclic) bond motifs is 1. The summed E-state index contributed by atoms with van der Waals surface area (Å²) < 4.78 is 23.3. The molecule has 112 valence electrons. The number of carbonyl (C=O) groups excluding carboxylic acids is 1. The Bertz CT molecular complexity index is 761. The van der Waals surface area contributed by atoms with E-state index < -0.39 is 5.82 Å². The molecule has 0 bridgehead atoms. The normalized spacial score (nSPS) is 12.6. The van der Waals surface area contributed by atoms with Crippen molar-refractivity contribution in [2.75, 3.05) is 12.1 Å². The van der Waals surface area contributed by atoms with Crippen molar-refractivity contribution in [3.8, 4) is 11.5 Å². The van der Waals surface area contributed by atoms with E-state index in [4.69, 9.17) is 21.1 Å². The number of ether oxygens (including phenoxy) is 2. The minimum absolute atomic E-state index is 0.160. The zero-order valence-corrected chi connectivity index (χ0v) is 12.1. The number of ketones is 1. The number of hydrogen-bond acceptors (Lipinski definition) is 4. The van der Waals surface area contributed by atoms with Gasteiger partial charge in [-0.15, -0.1) is 0 Å². The van der Waals surface area contributed by atoms with Crippen molar-refractivity contribution in [2.45, 2.75) is 0 Å². The van der Waals surface area contributed by atoms with Gasteiger partial charge in [-0.1, -0.05) is 11.6 Å². The van der Waals surface area contributed by atoms with Gasteiger partial charge in [0.25, 0.3) is 0 Å². The molecule has 4 nitrogen and oxygen atoms in total. The molecule has 0 radical (unpaired) electrons. The second-order valence-corrected chi connectivity index (χ2v) is 4.94. The van der Waals surface area contributed by atoms with Gasteiger partial charge >= 0.3 is 0 Å². The molecular formula is C16H11ClFNO3. The van der Waals surface area contributed by atoms with Crippen LogP contribution in [0.3, 0.4) is 0 Å². The van der Waals surface area contributed by atoms with Gasteiger partial charge in [0.1, 0.15) is 5.82 Å². The van der Waals surface area contributed by atoms with E-state index in [2.05, 4.69) is 5.32 Å². The zero-order valence-electron chi connectivity index (χ0n) is 11.3. The van der Waals surface area contributed by atoms with E-state index in [0.29, 0.717) is 22.7 Å². The Hall–Kier alpha value is -2.53. The van der Waals surface area contributed by atoms with Crippen LogP contribution < -0.4 is 14.8 Å². The van der Waals surface area contributed by atoms with Crippen LogP contribution in [0.5, 0.6) is 11.5 Å². The van der Waals surface area contributed by atoms with E-state index in [1.807, 2.05) is 0 Å². The molecule has 0 aromatic heterocycles. The molecule has 2 aromatic carbocycles. The second kappa shape index (κ2) is 6.07. The predicted octanol–water partition coefficient (Wildman–Crippen LogP) is 4.02. The lowest BCUT2D eigenvalue weighted by molar-refractivity contribution is 0.104. The Balaban J connectivity index is 1.68. The lowest BCUT2D eigenvalue weighted by atomic mass is 10.1. The monoisotopic (exact) mass is 319 g/mol. The molecule has 1 aliphatic heterocycles. The van der Waals surface area contributed by atoms with Gasteiger partial charge in [0, 0.05) is 17.8 Å². The second-order valence-electron chi connectivity index (χ2n) is 4.53. The number of nitrogens with one attached hydrogen (secondary N) is 1. The third-order valence-electron chi connectivity index (χ3n) is 3.06. The smallest absolute Gasteiger partial charge is 0.231 e. The number of benzene rings is 2. The number of halogens is 2. The largest absolute Gasteiger partial charge is 0.454 e. The quantitative estimate of drug-likeness (QED) is 0.683. The first-order valence-corrected chi connectivity index (χ1v) is 6.83. The molecular weight excluding hydrogens is 309 g/mol. The first kappa shape index (κ1) is 14.4. The molecule has 0 saturated heterocycles. The summed E-state index contributed by atoms with van der Waals surface area (Å²) in [6.07, 6.45) is 2.81. The first-order valence-electron chi connectivity index (χ1n) is 6.45. The van der Waals surface area contributed by atoms with Crippen molar-refractivity contribution in [3.05, 3.63) is 65.1 Å². The van der Waals surface area contributed by atoms with E-state index in [0.717, 1.165) is 0 Å². The molecule has 0 amide bonds. The van der Waals surface area contributed by atoms with Crippen LogP contribution in [0.4, 0.5) is 10.1 Å². The minimum Gasteiger partial charge on any atom is -0.454 e. The molecule has 1 N–H and O–H groups in total. The average Bonchev–Trinajstić information content (AvgIpc) is 2.96. The van der Waals surface area contributed by atoms with Crippen LogP contribution in [-0.2, 0) is 0 Å². The molecule has 3 rings (SSSR count). The molecule has 0 fully saturated rings. The Morgan fingerprint density at radius 1 is 1.18 bits per heavy atom. The van der Waals surface area contributed by atoms with Gasteiger partial charge in [0.05, 0.1) is 10.7 Å². The Morgan fingerprint density at radius 2 is 2.00 bits per heavy atom. The summed E-state index contributed by atoms with van der Waals surface area (Å²) in [5.74, 6) is 0.547. The maximum atomic E-state index is 12.9. The molecule has 0 aliphatic carbocycles. The number of anilines is 1. The third-order valence-corrected chi connectivity index (χ3v) is 3.37. The summed E-state index contributed by atoms with van der Waals surface area (Å²) in [4.78, 5) is 12.1. The fraction of sp³-hybridized carbons (Fsp3) is 0.0625. The van der Waals surface area contributed by atoms with Gasteiger partial charge in [-0.25, -0.2) is 4.39 Å². The van der Waals surface area contributed by atoms with Crippen LogP contribution in [-0.4, -0.2) is 12.6 Å². The van der Waals surface area contributed by atoms with E-state index in [-0.39, 0.29) is 17.6 Å². The molecule has 6 heteroatoms. The topological polar surface area (TPSA) is 47.6 Å². The highest BCUT2D eigenvalue weighted by Crippen LogP contribution is 2.32. The average molecular weight is 320 g/mol. The fourth-order valence-corrected chi connectivity index (χ4v) is 2.18. The Morgan fingerprint density at radius 3 is 2.82 bits per heavy atom. The van der Waals surface area contributed by atoms with Gasteiger partial charge in [-0.3, -0.25) is 4.79 Å². The molecule has 22 heavy (non-hydrogen) atoms. The van der Waals surface area contributed by atoms with Crippen molar-refractivity contribution in [2.24, 2.45) is 0 Å². The van der Waals surface area contributed by atoms with Crippen LogP contribution in [0.25, 0.3) is 0 Å². The Labute approximate surface area is 131 Å². The molecule has 0 saturated carbocycles. The van der Waals surface area contributed by atoms with Crippen LogP contribution in [0, 0.1) is 5.82 Å². The van der Waals surface area contributed by atoms with Crippen molar-refractivity contribution in [1.29, 1.82) is 0 Å². The van der Waals surface area contributed by atoms with E-state index >= 15 is 0 Å². The molecule has 2 aromatic rings. The van der Waals surface area contributed by atoms with Gasteiger partial charge in [-0.05, 0) is 36.4 Å². The van der Waals surface area contributed by atoms with E-state index in [1.54, 1.807) is 18.2 Å². The highest BCUT2D eigenvalue weighted by molar-refractivity contribution is 6.33. The zero-order chi connectivity index (χ0) is 15.5. The molecule has 1 aliphatic rings. The molecule has 0 unspecified atom stereocenters. The van der Waals surface area contributed by atoms with Crippen LogP contribution in [0.1, 0.15) is 10.4 Å². The van der Waals surface area contributed by atoms with Gasteiger partial charge in [0.2, 0.25) is 6.79 Å². The van der Waals surface area contributed by atoms with Crippen LogP contribution in [0.2, 0.25) is 5.02 Å². The van der Waals surface area contributed by atoms with E-state index in [1.165, 1.54) is 30.5 Å². The lowest BCUT2D eigenvalue weighted by Crippen LogP contribution is -1.97. The number of hydrogen-bond donors (Lipinski definition) is 1. The van der Waals surface area contributed by atoms with Crippen molar-refractivity contribution in [1.82, 2.24) is 0 Å². The number of rotatable bonds is 4. The van der Waals surface area contributed by atoms with Crippen LogP contribution >= 0.6 is 11.6 Å². The molecule has 1 heterocycles.